The van der Waals surface area contributed by atoms with Crippen molar-refractivity contribution in [1.82, 2.24) is 25.3 Å². The van der Waals surface area contributed by atoms with Crippen molar-refractivity contribution < 1.29 is 14.4 Å². The quantitative estimate of drug-likeness (QED) is 0.590. The van der Waals surface area contributed by atoms with Gasteiger partial charge in [-0.25, -0.2) is 9.78 Å². The second-order valence-electron chi connectivity index (χ2n) is 6.44. The molecule has 2 aliphatic rings. The van der Waals surface area contributed by atoms with Crippen molar-refractivity contribution in [2.75, 3.05) is 5.75 Å². The van der Waals surface area contributed by atoms with E-state index in [-0.39, 0.29) is 11.7 Å². The van der Waals surface area contributed by atoms with Gasteiger partial charge in [-0.05, 0) is 19.3 Å². The van der Waals surface area contributed by atoms with E-state index in [4.69, 9.17) is 0 Å². The molecule has 1 aromatic rings. The van der Waals surface area contributed by atoms with E-state index < -0.39 is 17.5 Å². The Morgan fingerprint density at radius 1 is 1.36 bits per heavy atom. The Balaban J connectivity index is 1.56. The number of amides is 4. The molecule has 0 aromatic carbocycles. The summed E-state index contributed by atoms with van der Waals surface area (Å²) < 4.78 is 1.97. The first-order chi connectivity index (χ1) is 12.1. The van der Waals surface area contributed by atoms with E-state index in [1.807, 2.05) is 10.8 Å². The zero-order valence-electron chi connectivity index (χ0n) is 14.3. The SMILES string of the molecule is CCCn1ccnc1SCC(=O)NN1C(=O)NC2(CCCCC2)C1=O. The maximum Gasteiger partial charge on any atom is 0.344 e. The fourth-order valence-corrected chi connectivity index (χ4v) is 4.13. The van der Waals surface area contributed by atoms with Gasteiger partial charge in [-0.1, -0.05) is 37.9 Å². The van der Waals surface area contributed by atoms with Crippen molar-refractivity contribution in [3.8, 4) is 0 Å². The van der Waals surface area contributed by atoms with E-state index in [0.717, 1.165) is 42.4 Å². The topological polar surface area (TPSA) is 96.3 Å². The van der Waals surface area contributed by atoms with E-state index in [9.17, 15) is 14.4 Å². The number of imidazole rings is 1. The van der Waals surface area contributed by atoms with Gasteiger partial charge in [0.25, 0.3) is 5.91 Å². The number of hydrazine groups is 1. The molecule has 25 heavy (non-hydrogen) atoms. The highest BCUT2D eigenvalue weighted by atomic mass is 32.2. The molecule has 1 aliphatic carbocycles. The van der Waals surface area contributed by atoms with E-state index >= 15 is 0 Å². The second kappa shape index (κ2) is 7.47. The zero-order chi connectivity index (χ0) is 17.9. The molecular weight excluding hydrogens is 342 g/mol. The Hall–Kier alpha value is -2.03. The Bertz CT molecular complexity index is 668. The Morgan fingerprint density at radius 3 is 2.84 bits per heavy atom. The van der Waals surface area contributed by atoms with E-state index in [1.54, 1.807) is 6.20 Å². The van der Waals surface area contributed by atoms with Gasteiger partial charge in [0.05, 0.1) is 5.75 Å². The minimum Gasteiger partial charge on any atom is -0.326 e. The van der Waals surface area contributed by atoms with Crippen molar-refractivity contribution in [1.29, 1.82) is 0 Å². The molecule has 0 unspecified atom stereocenters. The average Bonchev–Trinajstić information content (AvgIpc) is 3.13. The molecule has 1 spiro atoms. The Kier molecular flexibility index (Phi) is 5.31. The van der Waals surface area contributed by atoms with Crippen molar-refractivity contribution in [2.45, 2.75) is 62.7 Å². The van der Waals surface area contributed by atoms with Gasteiger partial charge in [0.2, 0.25) is 5.91 Å². The molecule has 8 nitrogen and oxygen atoms in total. The van der Waals surface area contributed by atoms with Crippen molar-refractivity contribution in [3.63, 3.8) is 0 Å². The second-order valence-corrected chi connectivity index (χ2v) is 7.38. The number of rotatable bonds is 6. The van der Waals surface area contributed by atoms with Crippen LogP contribution in [0, 0.1) is 0 Å². The van der Waals surface area contributed by atoms with Crippen molar-refractivity contribution in [2.24, 2.45) is 0 Å². The molecule has 1 aromatic heterocycles. The highest BCUT2D eigenvalue weighted by molar-refractivity contribution is 7.99. The minimum atomic E-state index is -0.826. The lowest BCUT2D eigenvalue weighted by molar-refractivity contribution is -0.139. The van der Waals surface area contributed by atoms with Gasteiger partial charge >= 0.3 is 6.03 Å². The summed E-state index contributed by atoms with van der Waals surface area (Å²) in [4.78, 5) is 41.1. The molecule has 1 saturated heterocycles. The van der Waals surface area contributed by atoms with Crippen LogP contribution < -0.4 is 10.7 Å². The first kappa shape index (κ1) is 17.8. The standard InChI is InChI=1S/C16H23N5O3S/c1-2-9-20-10-8-17-15(20)25-11-12(22)19-21-13(23)16(18-14(21)24)6-4-3-5-7-16/h8,10H,2-7,9,11H2,1H3,(H,18,24)(H,19,22). The molecule has 9 heteroatoms. The van der Waals surface area contributed by atoms with Crippen LogP contribution in [0.25, 0.3) is 0 Å². The number of carbonyl (C=O) groups excluding carboxylic acids is 3. The summed E-state index contributed by atoms with van der Waals surface area (Å²) in [5.41, 5.74) is 1.61. The third-order valence-corrected chi connectivity index (χ3v) is 5.58. The van der Waals surface area contributed by atoms with Crippen LogP contribution in [0.4, 0.5) is 4.79 Å². The molecular formula is C16H23N5O3S. The highest BCUT2D eigenvalue weighted by Crippen LogP contribution is 2.33. The van der Waals surface area contributed by atoms with Crippen LogP contribution in [-0.2, 0) is 16.1 Å². The van der Waals surface area contributed by atoms with Crippen LogP contribution in [0.15, 0.2) is 17.6 Å². The normalized spacial score (nSPS) is 19.3. The number of imide groups is 1. The molecule has 0 bridgehead atoms. The first-order valence-electron chi connectivity index (χ1n) is 8.66. The Morgan fingerprint density at radius 2 is 2.12 bits per heavy atom. The summed E-state index contributed by atoms with van der Waals surface area (Å²) in [6, 6.07) is -0.544. The molecule has 2 heterocycles. The summed E-state index contributed by atoms with van der Waals surface area (Å²) in [6.07, 6.45) is 8.68. The predicted molar refractivity (Wildman–Crippen MR) is 92.6 cm³/mol. The number of hydrogen-bond acceptors (Lipinski definition) is 5. The highest BCUT2D eigenvalue weighted by Gasteiger charge is 2.52. The largest absolute Gasteiger partial charge is 0.344 e. The third-order valence-electron chi connectivity index (χ3n) is 4.58. The van der Waals surface area contributed by atoms with Gasteiger partial charge in [0.15, 0.2) is 5.16 Å². The lowest BCUT2D eigenvalue weighted by atomic mass is 9.82. The molecule has 1 aliphatic heterocycles. The number of carbonyl (C=O) groups is 3. The number of aromatic nitrogens is 2. The fraction of sp³-hybridized carbons (Fsp3) is 0.625. The summed E-state index contributed by atoms with van der Waals surface area (Å²) in [5, 5.41) is 4.36. The number of thioether (sulfide) groups is 1. The zero-order valence-corrected chi connectivity index (χ0v) is 15.1. The molecule has 2 fully saturated rings. The van der Waals surface area contributed by atoms with Gasteiger partial charge in [-0.2, -0.15) is 5.01 Å². The summed E-state index contributed by atoms with van der Waals surface area (Å²) >= 11 is 1.28. The molecule has 3 rings (SSSR count). The van der Waals surface area contributed by atoms with Gasteiger partial charge in [-0.15, -0.1) is 0 Å². The summed E-state index contributed by atoms with van der Waals surface area (Å²) in [5.74, 6) is -0.652. The monoisotopic (exact) mass is 365 g/mol. The van der Waals surface area contributed by atoms with E-state index in [2.05, 4.69) is 22.7 Å². The molecule has 2 N–H and O–H groups in total. The van der Waals surface area contributed by atoms with E-state index in [1.165, 1.54) is 11.8 Å². The summed E-state index contributed by atoms with van der Waals surface area (Å²) in [6.45, 7) is 2.90. The van der Waals surface area contributed by atoms with Crippen LogP contribution in [-0.4, -0.2) is 43.7 Å². The molecule has 0 atom stereocenters. The van der Waals surface area contributed by atoms with Gasteiger partial charge in [0, 0.05) is 18.9 Å². The van der Waals surface area contributed by atoms with Crippen LogP contribution in [0.2, 0.25) is 0 Å². The smallest absolute Gasteiger partial charge is 0.326 e. The predicted octanol–water partition coefficient (Wildman–Crippen LogP) is 1.67. The third kappa shape index (κ3) is 3.65. The molecule has 1 saturated carbocycles. The van der Waals surface area contributed by atoms with E-state index in [0.29, 0.717) is 12.8 Å². The van der Waals surface area contributed by atoms with Gasteiger partial charge in [0.1, 0.15) is 5.54 Å². The maximum atomic E-state index is 12.6. The molecule has 4 amide bonds. The maximum absolute atomic E-state index is 12.6. The molecule has 136 valence electrons. The lowest BCUT2D eigenvalue weighted by Gasteiger charge is -2.30. The lowest BCUT2D eigenvalue weighted by Crippen LogP contribution is -2.51. The van der Waals surface area contributed by atoms with Crippen molar-refractivity contribution >= 4 is 29.6 Å². The first-order valence-corrected chi connectivity index (χ1v) is 9.64. The van der Waals surface area contributed by atoms with Crippen LogP contribution in [0.1, 0.15) is 45.4 Å². The summed E-state index contributed by atoms with van der Waals surface area (Å²) in [7, 11) is 0. The van der Waals surface area contributed by atoms with Crippen LogP contribution in [0.3, 0.4) is 0 Å². The van der Waals surface area contributed by atoms with Gasteiger partial charge in [-0.3, -0.25) is 15.0 Å². The van der Waals surface area contributed by atoms with Gasteiger partial charge < -0.3 is 9.88 Å². The fourth-order valence-electron chi connectivity index (χ4n) is 3.35. The minimum absolute atomic E-state index is 0.0881. The van der Waals surface area contributed by atoms with Crippen LogP contribution in [0.5, 0.6) is 0 Å². The number of nitrogens with one attached hydrogen (secondary N) is 2. The number of aryl methyl sites for hydroxylation is 1. The average molecular weight is 365 g/mol. The number of hydrogen-bond donors (Lipinski definition) is 2. The number of nitrogens with zero attached hydrogens (tertiary/aromatic N) is 3. The molecule has 0 radical (unpaired) electrons. The van der Waals surface area contributed by atoms with Crippen LogP contribution >= 0.6 is 11.8 Å². The van der Waals surface area contributed by atoms with Crippen molar-refractivity contribution in [3.05, 3.63) is 12.4 Å². The Labute approximate surface area is 150 Å². The number of urea groups is 1.